The van der Waals surface area contributed by atoms with Crippen molar-refractivity contribution in [1.29, 1.82) is 0 Å². The Morgan fingerprint density at radius 1 is 0.676 bits per heavy atom. The van der Waals surface area contributed by atoms with Crippen molar-refractivity contribution in [2.24, 2.45) is 0 Å². The SMILES string of the molecule is CCCCCCN1c2ccccc2Sc2cc(-c3ccc(-c4ccc(C=O)cc4)cc3)ccc21. The lowest BCUT2D eigenvalue weighted by molar-refractivity contribution is 0.112. The average molecular weight is 464 g/mol. The normalized spacial score (nSPS) is 12.2. The Balaban J connectivity index is 1.41. The van der Waals surface area contributed by atoms with Crippen molar-refractivity contribution >= 4 is 29.4 Å². The minimum Gasteiger partial charge on any atom is -0.340 e. The van der Waals surface area contributed by atoms with E-state index in [1.54, 1.807) is 0 Å². The van der Waals surface area contributed by atoms with Crippen LogP contribution in [0.3, 0.4) is 0 Å². The molecule has 0 amide bonds. The number of rotatable bonds is 8. The standard InChI is InChI=1S/C31H29NOS/c1-2-3-4-7-20-32-28-8-5-6-9-30(28)34-31-21-27(18-19-29(31)32)26-16-14-25(15-17-26)24-12-10-23(22-33)11-13-24/h5-6,8-19,21-22H,2-4,7,20H2,1H3. The zero-order chi connectivity index (χ0) is 23.3. The number of benzene rings is 4. The third kappa shape index (κ3) is 4.67. The van der Waals surface area contributed by atoms with E-state index >= 15 is 0 Å². The Morgan fingerprint density at radius 2 is 1.29 bits per heavy atom. The van der Waals surface area contributed by atoms with Crippen LogP contribution in [-0.4, -0.2) is 12.8 Å². The fourth-order valence-corrected chi connectivity index (χ4v) is 5.70. The Labute approximate surface area is 206 Å². The summed E-state index contributed by atoms with van der Waals surface area (Å²) in [5.41, 5.74) is 8.07. The summed E-state index contributed by atoms with van der Waals surface area (Å²) in [6, 6.07) is 32.1. The minimum atomic E-state index is 0.702. The molecule has 0 bridgehead atoms. The molecule has 34 heavy (non-hydrogen) atoms. The van der Waals surface area contributed by atoms with Gasteiger partial charge in [-0.25, -0.2) is 0 Å². The van der Waals surface area contributed by atoms with E-state index in [-0.39, 0.29) is 0 Å². The summed E-state index contributed by atoms with van der Waals surface area (Å²) in [4.78, 5) is 16.1. The highest BCUT2D eigenvalue weighted by Crippen LogP contribution is 2.49. The average Bonchev–Trinajstić information content (AvgIpc) is 2.90. The zero-order valence-electron chi connectivity index (χ0n) is 19.5. The van der Waals surface area contributed by atoms with Crippen LogP contribution in [0.2, 0.25) is 0 Å². The van der Waals surface area contributed by atoms with Crippen LogP contribution in [0, 0.1) is 0 Å². The van der Waals surface area contributed by atoms with E-state index in [0.29, 0.717) is 5.56 Å². The molecule has 0 atom stereocenters. The number of hydrogen-bond donors (Lipinski definition) is 0. The highest BCUT2D eigenvalue weighted by Gasteiger charge is 2.23. The number of nitrogens with zero attached hydrogens (tertiary/aromatic N) is 1. The van der Waals surface area contributed by atoms with Gasteiger partial charge >= 0.3 is 0 Å². The van der Waals surface area contributed by atoms with Crippen LogP contribution in [-0.2, 0) is 0 Å². The van der Waals surface area contributed by atoms with Gasteiger partial charge in [0.25, 0.3) is 0 Å². The third-order valence-corrected chi connectivity index (χ3v) is 7.57. The van der Waals surface area contributed by atoms with E-state index in [1.807, 2.05) is 36.0 Å². The first-order valence-corrected chi connectivity index (χ1v) is 12.9. The van der Waals surface area contributed by atoms with E-state index in [1.165, 1.54) is 58.0 Å². The first-order chi connectivity index (χ1) is 16.8. The molecule has 0 aromatic heterocycles. The van der Waals surface area contributed by atoms with Gasteiger partial charge in [-0.1, -0.05) is 105 Å². The molecule has 5 rings (SSSR count). The first-order valence-electron chi connectivity index (χ1n) is 12.1. The predicted octanol–water partition coefficient (Wildman–Crippen LogP) is 9.02. The van der Waals surface area contributed by atoms with Gasteiger partial charge in [0.1, 0.15) is 6.29 Å². The largest absolute Gasteiger partial charge is 0.340 e. The van der Waals surface area contributed by atoms with Gasteiger partial charge in [0, 0.05) is 21.9 Å². The van der Waals surface area contributed by atoms with Crippen LogP contribution in [0.5, 0.6) is 0 Å². The number of carbonyl (C=O) groups is 1. The minimum absolute atomic E-state index is 0.702. The number of anilines is 2. The summed E-state index contributed by atoms with van der Waals surface area (Å²) in [6.07, 6.45) is 5.93. The fraction of sp³-hybridized carbons (Fsp3) is 0.194. The first kappa shape index (κ1) is 22.5. The molecule has 2 nitrogen and oxygen atoms in total. The molecule has 0 unspecified atom stereocenters. The van der Waals surface area contributed by atoms with E-state index in [0.717, 1.165) is 24.0 Å². The molecular formula is C31H29NOS. The number of unbranched alkanes of at least 4 members (excludes halogenated alkanes) is 3. The molecule has 4 aromatic rings. The summed E-state index contributed by atoms with van der Waals surface area (Å²) < 4.78 is 0. The van der Waals surface area contributed by atoms with Crippen molar-refractivity contribution in [2.75, 3.05) is 11.4 Å². The Kier molecular flexibility index (Phi) is 6.82. The number of carbonyl (C=O) groups excluding carboxylic acids is 1. The molecular weight excluding hydrogens is 434 g/mol. The Morgan fingerprint density at radius 3 is 2.00 bits per heavy atom. The Hall–Kier alpha value is -3.30. The van der Waals surface area contributed by atoms with Crippen LogP contribution in [0.4, 0.5) is 11.4 Å². The van der Waals surface area contributed by atoms with Crippen molar-refractivity contribution < 1.29 is 4.79 Å². The Bertz CT molecular complexity index is 1280. The smallest absolute Gasteiger partial charge is 0.150 e. The molecule has 0 spiro atoms. The van der Waals surface area contributed by atoms with Crippen molar-refractivity contribution in [3.63, 3.8) is 0 Å². The maximum Gasteiger partial charge on any atom is 0.150 e. The van der Waals surface area contributed by atoms with Gasteiger partial charge in [-0.05, 0) is 52.9 Å². The van der Waals surface area contributed by atoms with Gasteiger partial charge in [0.05, 0.1) is 11.4 Å². The summed E-state index contributed by atoms with van der Waals surface area (Å²) in [7, 11) is 0. The number of hydrogen-bond acceptors (Lipinski definition) is 3. The van der Waals surface area contributed by atoms with Gasteiger partial charge in [-0.2, -0.15) is 0 Å². The molecule has 170 valence electrons. The maximum atomic E-state index is 10.9. The summed E-state index contributed by atoms with van der Waals surface area (Å²) in [5, 5.41) is 0. The maximum absolute atomic E-state index is 10.9. The number of aldehydes is 1. The van der Waals surface area contributed by atoms with Crippen molar-refractivity contribution in [3.8, 4) is 22.3 Å². The monoisotopic (exact) mass is 463 g/mol. The molecule has 3 heteroatoms. The van der Waals surface area contributed by atoms with Gasteiger partial charge in [0.2, 0.25) is 0 Å². The highest BCUT2D eigenvalue weighted by atomic mass is 32.2. The predicted molar refractivity (Wildman–Crippen MR) is 144 cm³/mol. The second kappa shape index (κ2) is 10.3. The van der Waals surface area contributed by atoms with Gasteiger partial charge in [-0.3, -0.25) is 4.79 Å². The van der Waals surface area contributed by atoms with Gasteiger partial charge in [0.15, 0.2) is 0 Å². The molecule has 0 saturated heterocycles. The second-order valence-electron chi connectivity index (χ2n) is 8.78. The van der Waals surface area contributed by atoms with Crippen molar-refractivity contribution in [1.82, 2.24) is 0 Å². The van der Waals surface area contributed by atoms with E-state index < -0.39 is 0 Å². The topological polar surface area (TPSA) is 20.3 Å². The lowest BCUT2D eigenvalue weighted by atomic mass is 9.99. The number of fused-ring (bicyclic) bond motifs is 2. The second-order valence-corrected chi connectivity index (χ2v) is 9.87. The van der Waals surface area contributed by atoms with Crippen LogP contribution in [0.1, 0.15) is 43.0 Å². The third-order valence-electron chi connectivity index (χ3n) is 6.46. The highest BCUT2D eigenvalue weighted by molar-refractivity contribution is 7.99. The van der Waals surface area contributed by atoms with Crippen LogP contribution in [0.25, 0.3) is 22.3 Å². The van der Waals surface area contributed by atoms with E-state index in [9.17, 15) is 4.79 Å². The molecule has 0 aliphatic carbocycles. The molecule has 1 aliphatic rings. The summed E-state index contributed by atoms with van der Waals surface area (Å²) >= 11 is 1.87. The van der Waals surface area contributed by atoms with Gasteiger partial charge in [-0.15, -0.1) is 0 Å². The molecule has 0 saturated carbocycles. The van der Waals surface area contributed by atoms with Crippen LogP contribution >= 0.6 is 11.8 Å². The molecule has 0 fully saturated rings. The number of para-hydroxylation sites is 1. The van der Waals surface area contributed by atoms with Crippen LogP contribution in [0.15, 0.2) is 101 Å². The molecule has 0 radical (unpaired) electrons. The van der Waals surface area contributed by atoms with Crippen LogP contribution < -0.4 is 4.90 Å². The molecule has 1 aliphatic heterocycles. The van der Waals surface area contributed by atoms with Crippen molar-refractivity contribution in [2.45, 2.75) is 42.4 Å². The summed E-state index contributed by atoms with van der Waals surface area (Å²) in [6.45, 7) is 3.32. The quantitative estimate of drug-likeness (QED) is 0.192. The zero-order valence-corrected chi connectivity index (χ0v) is 20.4. The molecule has 4 aromatic carbocycles. The molecule has 0 N–H and O–H groups in total. The van der Waals surface area contributed by atoms with E-state index in [4.69, 9.17) is 0 Å². The fourth-order valence-electron chi connectivity index (χ4n) is 4.56. The van der Waals surface area contributed by atoms with Crippen molar-refractivity contribution in [3.05, 3.63) is 96.6 Å². The van der Waals surface area contributed by atoms with E-state index in [2.05, 4.69) is 78.6 Å². The molecule has 1 heterocycles. The van der Waals surface area contributed by atoms with Gasteiger partial charge < -0.3 is 4.90 Å². The lowest BCUT2D eigenvalue weighted by Crippen LogP contribution is -2.21. The summed E-state index contributed by atoms with van der Waals surface area (Å²) in [5.74, 6) is 0. The lowest BCUT2D eigenvalue weighted by Gasteiger charge is -2.33.